The molecule has 1 rings (SSSR count). The Morgan fingerprint density at radius 1 is 1.57 bits per heavy atom. The first kappa shape index (κ1) is 11.2. The number of pyridine rings is 1. The van der Waals surface area contributed by atoms with E-state index in [1.54, 1.807) is 18.0 Å². The third kappa shape index (κ3) is 3.14. The summed E-state index contributed by atoms with van der Waals surface area (Å²) in [6.45, 7) is 6.35. The molecular formula is C11H15NOS. The summed E-state index contributed by atoms with van der Waals surface area (Å²) < 4.78 is 0. The maximum atomic E-state index is 10.5. The molecule has 0 aliphatic carbocycles. The molecule has 1 heterocycles. The van der Waals surface area contributed by atoms with Crippen molar-refractivity contribution in [2.24, 2.45) is 5.92 Å². The summed E-state index contributed by atoms with van der Waals surface area (Å²) in [4.78, 5) is 14.7. The van der Waals surface area contributed by atoms with Crippen molar-refractivity contribution >= 4 is 18.0 Å². The minimum atomic E-state index is 0.649. The smallest absolute Gasteiger partial charge is 0.151 e. The average Bonchev–Trinajstić information content (AvgIpc) is 2.15. The van der Waals surface area contributed by atoms with Crippen LogP contribution in [-0.2, 0) is 0 Å². The lowest BCUT2D eigenvalue weighted by atomic mass is 10.2. The number of nitrogens with zero attached hydrogens (tertiary/aromatic N) is 1. The minimum Gasteiger partial charge on any atom is -0.298 e. The van der Waals surface area contributed by atoms with Gasteiger partial charge in [-0.2, -0.15) is 0 Å². The van der Waals surface area contributed by atoms with Crippen LogP contribution in [0.5, 0.6) is 0 Å². The van der Waals surface area contributed by atoms with Gasteiger partial charge >= 0.3 is 0 Å². The van der Waals surface area contributed by atoms with Crippen molar-refractivity contribution < 1.29 is 4.79 Å². The third-order valence-electron chi connectivity index (χ3n) is 1.74. The molecule has 0 saturated heterocycles. The van der Waals surface area contributed by atoms with Gasteiger partial charge in [-0.3, -0.25) is 4.79 Å². The van der Waals surface area contributed by atoms with Crippen LogP contribution in [0.1, 0.15) is 29.8 Å². The Kier molecular flexibility index (Phi) is 4.14. The van der Waals surface area contributed by atoms with E-state index < -0.39 is 0 Å². The zero-order valence-corrected chi connectivity index (χ0v) is 9.60. The molecule has 2 nitrogen and oxygen atoms in total. The first-order chi connectivity index (χ1) is 6.63. The average molecular weight is 209 g/mol. The highest BCUT2D eigenvalue weighted by atomic mass is 32.2. The van der Waals surface area contributed by atoms with E-state index >= 15 is 0 Å². The fourth-order valence-electron chi connectivity index (χ4n) is 1.05. The summed E-state index contributed by atoms with van der Waals surface area (Å²) in [6.07, 6.45) is 2.46. The molecular weight excluding hydrogens is 194 g/mol. The van der Waals surface area contributed by atoms with Crippen molar-refractivity contribution in [3.05, 3.63) is 23.4 Å². The number of hydrogen-bond donors (Lipinski definition) is 0. The van der Waals surface area contributed by atoms with Crippen LogP contribution in [-0.4, -0.2) is 17.0 Å². The maximum absolute atomic E-state index is 10.5. The Balaban J connectivity index is 2.73. The van der Waals surface area contributed by atoms with Crippen LogP contribution in [0.4, 0.5) is 0 Å². The van der Waals surface area contributed by atoms with E-state index in [-0.39, 0.29) is 0 Å². The first-order valence-electron chi connectivity index (χ1n) is 4.68. The molecule has 1 aromatic heterocycles. The highest BCUT2D eigenvalue weighted by molar-refractivity contribution is 7.99. The largest absolute Gasteiger partial charge is 0.298 e. The van der Waals surface area contributed by atoms with E-state index in [4.69, 9.17) is 0 Å². The highest BCUT2D eigenvalue weighted by Gasteiger charge is 2.03. The second-order valence-electron chi connectivity index (χ2n) is 3.71. The molecule has 76 valence electrons. The molecule has 0 aliphatic heterocycles. The molecule has 1 aromatic rings. The number of rotatable bonds is 4. The third-order valence-corrected chi connectivity index (χ3v) is 3.28. The van der Waals surface area contributed by atoms with E-state index in [2.05, 4.69) is 18.8 Å². The Morgan fingerprint density at radius 3 is 2.79 bits per heavy atom. The van der Waals surface area contributed by atoms with E-state index in [0.29, 0.717) is 11.5 Å². The van der Waals surface area contributed by atoms with Gasteiger partial charge in [-0.05, 0) is 24.5 Å². The Morgan fingerprint density at radius 2 is 2.29 bits per heavy atom. The van der Waals surface area contributed by atoms with Gasteiger partial charge in [-0.25, -0.2) is 4.98 Å². The first-order valence-corrected chi connectivity index (χ1v) is 5.66. The zero-order chi connectivity index (χ0) is 10.6. The van der Waals surface area contributed by atoms with Crippen molar-refractivity contribution in [1.29, 1.82) is 0 Å². The van der Waals surface area contributed by atoms with Crippen LogP contribution in [0.2, 0.25) is 0 Å². The number of thioether (sulfide) groups is 1. The lowest BCUT2D eigenvalue weighted by molar-refractivity contribution is 0.112. The predicted octanol–water partition coefficient (Wildman–Crippen LogP) is 2.95. The quantitative estimate of drug-likeness (QED) is 0.564. The summed E-state index contributed by atoms with van der Waals surface area (Å²) in [5, 5.41) is 1.03. The summed E-state index contributed by atoms with van der Waals surface area (Å²) in [6, 6.07) is 1.88. The van der Waals surface area contributed by atoms with Gasteiger partial charge in [0.2, 0.25) is 0 Å². The maximum Gasteiger partial charge on any atom is 0.151 e. The van der Waals surface area contributed by atoms with Crippen molar-refractivity contribution in [1.82, 2.24) is 4.98 Å². The second kappa shape index (κ2) is 5.15. The summed E-state index contributed by atoms with van der Waals surface area (Å²) in [5.74, 6) is 1.72. The number of hydrogen-bond acceptors (Lipinski definition) is 3. The van der Waals surface area contributed by atoms with Crippen molar-refractivity contribution in [3.63, 3.8) is 0 Å². The summed E-state index contributed by atoms with van der Waals surface area (Å²) in [7, 11) is 0. The predicted molar refractivity (Wildman–Crippen MR) is 59.9 cm³/mol. The van der Waals surface area contributed by atoms with Crippen LogP contribution in [0.15, 0.2) is 17.3 Å². The lowest BCUT2D eigenvalue weighted by Crippen LogP contribution is -1.94. The molecule has 0 aromatic carbocycles. The van der Waals surface area contributed by atoms with Crippen molar-refractivity contribution in [3.8, 4) is 0 Å². The monoisotopic (exact) mass is 209 g/mol. The molecule has 0 radical (unpaired) electrons. The number of aryl methyl sites for hydroxylation is 1. The van der Waals surface area contributed by atoms with Gasteiger partial charge < -0.3 is 0 Å². The molecule has 0 aliphatic rings. The number of aromatic nitrogens is 1. The molecule has 0 amide bonds. The van der Waals surface area contributed by atoms with Gasteiger partial charge in [-0.1, -0.05) is 13.8 Å². The van der Waals surface area contributed by atoms with E-state index in [1.807, 2.05) is 13.0 Å². The van der Waals surface area contributed by atoms with Gasteiger partial charge in [0.05, 0.1) is 5.03 Å². The lowest BCUT2D eigenvalue weighted by Gasteiger charge is -2.06. The van der Waals surface area contributed by atoms with Crippen LogP contribution < -0.4 is 0 Å². The van der Waals surface area contributed by atoms with Crippen LogP contribution in [0.25, 0.3) is 0 Å². The van der Waals surface area contributed by atoms with Crippen LogP contribution in [0, 0.1) is 12.8 Å². The Labute approximate surface area is 89.1 Å². The minimum absolute atomic E-state index is 0.649. The SMILES string of the molecule is Cc1cc(C=O)cnc1SCC(C)C. The molecule has 0 spiro atoms. The van der Waals surface area contributed by atoms with Crippen LogP contribution >= 0.6 is 11.8 Å². The molecule has 0 unspecified atom stereocenters. The fraction of sp³-hybridized carbons (Fsp3) is 0.455. The summed E-state index contributed by atoms with van der Waals surface area (Å²) in [5.41, 5.74) is 1.73. The van der Waals surface area contributed by atoms with Crippen molar-refractivity contribution in [2.75, 3.05) is 5.75 Å². The standard InChI is InChI=1S/C11H15NOS/c1-8(2)7-14-11-9(3)4-10(6-13)5-12-11/h4-6,8H,7H2,1-3H3. The molecule has 0 saturated carbocycles. The molecule has 0 N–H and O–H groups in total. The van der Waals surface area contributed by atoms with Gasteiger partial charge in [-0.15, -0.1) is 11.8 Å². The molecule has 14 heavy (non-hydrogen) atoms. The van der Waals surface area contributed by atoms with E-state index in [1.165, 1.54) is 0 Å². The van der Waals surface area contributed by atoms with Gasteiger partial charge in [0.1, 0.15) is 0 Å². The molecule has 3 heteroatoms. The number of carbonyl (C=O) groups is 1. The molecule has 0 bridgehead atoms. The van der Waals surface area contributed by atoms with Gasteiger partial charge in [0.25, 0.3) is 0 Å². The number of aldehydes is 1. The van der Waals surface area contributed by atoms with E-state index in [9.17, 15) is 4.79 Å². The van der Waals surface area contributed by atoms with Gasteiger partial charge in [0, 0.05) is 17.5 Å². The normalized spacial score (nSPS) is 10.6. The molecule has 0 atom stereocenters. The van der Waals surface area contributed by atoms with Crippen molar-refractivity contribution in [2.45, 2.75) is 25.8 Å². The van der Waals surface area contributed by atoms with Crippen LogP contribution in [0.3, 0.4) is 0 Å². The summed E-state index contributed by atoms with van der Waals surface area (Å²) >= 11 is 1.75. The van der Waals surface area contributed by atoms with E-state index in [0.717, 1.165) is 22.6 Å². The second-order valence-corrected chi connectivity index (χ2v) is 4.72. The topological polar surface area (TPSA) is 30.0 Å². The molecule has 0 fully saturated rings. The fourth-order valence-corrected chi connectivity index (χ4v) is 1.95. The highest BCUT2D eigenvalue weighted by Crippen LogP contribution is 2.22. The van der Waals surface area contributed by atoms with Gasteiger partial charge in [0.15, 0.2) is 6.29 Å². The number of carbonyl (C=O) groups excluding carboxylic acids is 1. The zero-order valence-electron chi connectivity index (χ0n) is 8.78. The Bertz CT molecular complexity index is 323. The Hall–Kier alpha value is -0.830.